The van der Waals surface area contributed by atoms with Gasteiger partial charge in [-0.05, 0) is 38.4 Å². The van der Waals surface area contributed by atoms with Crippen molar-refractivity contribution in [2.24, 2.45) is 0 Å². The molecule has 0 radical (unpaired) electrons. The predicted octanol–water partition coefficient (Wildman–Crippen LogP) is 1.57. The van der Waals surface area contributed by atoms with E-state index in [4.69, 9.17) is 0 Å². The van der Waals surface area contributed by atoms with E-state index in [-0.39, 0.29) is 36.8 Å². The van der Waals surface area contributed by atoms with Gasteiger partial charge in [0.05, 0.1) is 12.6 Å². The van der Waals surface area contributed by atoms with Gasteiger partial charge in [-0.2, -0.15) is 0 Å². The molecular formula is C15H22ClN3O2. The zero-order chi connectivity index (χ0) is 14.5. The summed E-state index contributed by atoms with van der Waals surface area (Å²) in [6.45, 7) is 2.94. The second-order valence-electron chi connectivity index (χ2n) is 5.26. The number of hydrogen-bond acceptors (Lipinski definition) is 3. The highest BCUT2D eigenvalue weighted by atomic mass is 35.5. The Hall–Kier alpha value is -1.59. The molecule has 0 spiro atoms. The van der Waals surface area contributed by atoms with Crippen molar-refractivity contribution in [2.75, 3.05) is 25.5 Å². The lowest BCUT2D eigenvalue weighted by Gasteiger charge is -2.20. The summed E-state index contributed by atoms with van der Waals surface area (Å²) in [7, 11) is 1.66. The van der Waals surface area contributed by atoms with Gasteiger partial charge in [0.1, 0.15) is 0 Å². The lowest BCUT2D eigenvalue weighted by atomic mass is 10.2. The molecule has 1 heterocycles. The van der Waals surface area contributed by atoms with E-state index in [2.05, 4.69) is 10.6 Å². The number of rotatable bonds is 4. The molecule has 1 fully saturated rings. The van der Waals surface area contributed by atoms with Crippen molar-refractivity contribution in [3.8, 4) is 0 Å². The lowest BCUT2D eigenvalue weighted by Crippen LogP contribution is -2.44. The van der Waals surface area contributed by atoms with E-state index in [0.29, 0.717) is 0 Å². The maximum atomic E-state index is 12.1. The fraction of sp³-hybridized carbons (Fsp3) is 0.467. The molecule has 6 heteroatoms. The van der Waals surface area contributed by atoms with Crippen molar-refractivity contribution in [3.05, 3.63) is 29.8 Å². The molecule has 0 saturated carbocycles. The maximum Gasteiger partial charge on any atom is 0.243 e. The van der Waals surface area contributed by atoms with Crippen LogP contribution in [0.4, 0.5) is 5.69 Å². The van der Waals surface area contributed by atoms with Crippen LogP contribution in [0.1, 0.15) is 18.4 Å². The minimum absolute atomic E-state index is 0. The summed E-state index contributed by atoms with van der Waals surface area (Å²) >= 11 is 0. The summed E-state index contributed by atoms with van der Waals surface area (Å²) in [5.74, 6) is -0.191. The van der Waals surface area contributed by atoms with Crippen molar-refractivity contribution < 1.29 is 9.59 Å². The topological polar surface area (TPSA) is 61.4 Å². The van der Waals surface area contributed by atoms with Crippen LogP contribution in [0.2, 0.25) is 0 Å². The van der Waals surface area contributed by atoms with Crippen LogP contribution < -0.4 is 10.6 Å². The molecule has 2 amide bonds. The molecule has 0 aromatic heterocycles. The Morgan fingerprint density at radius 3 is 2.57 bits per heavy atom. The fourth-order valence-electron chi connectivity index (χ4n) is 2.29. The maximum absolute atomic E-state index is 12.1. The molecule has 1 aliphatic rings. The van der Waals surface area contributed by atoms with Crippen molar-refractivity contribution >= 4 is 29.9 Å². The fourth-order valence-corrected chi connectivity index (χ4v) is 2.29. The number of carbonyl (C=O) groups is 2. The monoisotopic (exact) mass is 311 g/mol. The average Bonchev–Trinajstić information content (AvgIpc) is 2.94. The molecule has 1 aliphatic heterocycles. The molecule has 2 N–H and O–H groups in total. The third-order valence-electron chi connectivity index (χ3n) is 3.45. The molecule has 5 nitrogen and oxygen atoms in total. The zero-order valence-corrected chi connectivity index (χ0v) is 13.2. The molecule has 0 bridgehead atoms. The summed E-state index contributed by atoms with van der Waals surface area (Å²) < 4.78 is 0. The van der Waals surface area contributed by atoms with Gasteiger partial charge in [-0.1, -0.05) is 17.7 Å². The number of nitrogens with one attached hydrogen (secondary N) is 2. The minimum Gasteiger partial charge on any atom is -0.335 e. The Morgan fingerprint density at radius 2 is 2.00 bits per heavy atom. The molecule has 2 rings (SSSR count). The van der Waals surface area contributed by atoms with Crippen LogP contribution >= 0.6 is 12.4 Å². The number of amides is 2. The van der Waals surface area contributed by atoms with Gasteiger partial charge in [0.25, 0.3) is 0 Å². The van der Waals surface area contributed by atoms with E-state index < -0.39 is 0 Å². The van der Waals surface area contributed by atoms with Crippen LogP contribution in [-0.4, -0.2) is 42.9 Å². The molecule has 21 heavy (non-hydrogen) atoms. The summed E-state index contributed by atoms with van der Waals surface area (Å²) in [4.78, 5) is 25.4. The highest BCUT2D eigenvalue weighted by Crippen LogP contribution is 2.10. The van der Waals surface area contributed by atoms with E-state index in [0.717, 1.165) is 30.6 Å². The van der Waals surface area contributed by atoms with Crippen molar-refractivity contribution in [3.63, 3.8) is 0 Å². The number of carbonyl (C=O) groups excluding carboxylic acids is 2. The highest BCUT2D eigenvalue weighted by Gasteiger charge is 2.25. The number of benzene rings is 1. The first-order chi connectivity index (χ1) is 9.56. The molecule has 1 unspecified atom stereocenters. The number of nitrogens with zero attached hydrogens (tertiary/aromatic N) is 1. The van der Waals surface area contributed by atoms with Gasteiger partial charge in [0.2, 0.25) is 11.8 Å². The van der Waals surface area contributed by atoms with Crippen molar-refractivity contribution in [1.82, 2.24) is 10.2 Å². The number of halogens is 1. The Kier molecular flexibility index (Phi) is 6.65. The standard InChI is InChI=1S/C15H21N3O2.ClH/c1-11-5-7-12(8-6-11)17-14(19)10-18(2)15(20)13-4-3-9-16-13;/h5-8,13,16H,3-4,9-10H2,1-2H3,(H,17,19);1H. The number of hydrogen-bond donors (Lipinski definition) is 2. The quantitative estimate of drug-likeness (QED) is 0.887. The third-order valence-corrected chi connectivity index (χ3v) is 3.45. The van der Waals surface area contributed by atoms with Crippen LogP contribution in [0.5, 0.6) is 0 Å². The second-order valence-corrected chi connectivity index (χ2v) is 5.26. The Labute approximate surface area is 131 Å². The van der Waals surface area contributed by atoms with E-state index in [1.807, 2.05) is 31.2 Å². The molecule has 1 saturated heterocycles. The van der Waals surface area contributed by atoms with Crippen LogP contribution in [0, 0.1) is 6.92 Å². The van der Waals surface area contributed by atoms with Gasteiger partial charge >= 0.3 is 0 Å². The van der Waals surface area contributed by atoms with Gasteiger partial charge in [-0.25, -0.2) is 0 Å². The molecular weight excluding hydrogens is 290 g/mol. The van der Waals surface area contributed by atoms with Gasteiger partial charge in [-0.15, -0.1) is 12.4 Å². The van der Waals surface area contributed by atoms with Crippen LogP contribution in [-0.2, 0) is 9.59 Å². The van der Waals surface area contributed by atoms with Gasteiger partial charge in [-0.3, -0.25) is 9.59 Å². The minimum atomic E-state index is -0.178. The first kappa shape index (κ1) is 17.5. The highest BCUT2D eigenvalue weighted by molar-refractivity contribution is 5.95. The normalized spacial score (nSPS) is 17.0. The Morgan fingerprint density at radius 1 is 1.33 bits per heavy atom. The van der Waals surface area contributed by atoms with Gasteiger partial charge in [0.15, 0.2) is 0 Å². The first-order valence-electron chi connectivity index (χ1n) is 6.91. The average molecular weight is 312 g/mol. The van der Waals surface area contributed by atoms with Gasteiger partial charge in [0, 0.05) is 12.7 Å². The van der Waals surface area contributed by atoms with E-state index in [1.165, 1.54) is 4.90 Å². The first-order valence-corrected chi connectivity index (χ1v) is 6.91. The summed E-state index contributed by atoms with van der Waals surface area (Å²) in [5, 5.41) is 5.94. The number of aryl methyl sites for hydroxylation is 1. The predicted molar refractivity (Wildman–Crippen MR) is 85.7 cm³/mol. The summed E-state index contributed by atoms with van der Waals surface area (Å²) in [6.07, 6.45) is 1.86. The van der Waals surface area contributed by atoms with Crippen LogP contribution in [0.15, 0.2) is 24.3 Å². The number of anilines is 1. The van der Waals surface area contributed by atoms with E-state index >= 15 is 0 Å². The molecule has 1 aromatic rings. The van der Waals surface area contributed by atoms with Gasteiger partial charge < -0.3 is 15.5 Å². The Balaban J connectivity index is 0.00000220. The molecule has 1 atom stereocenters. The van der Waals surface area contributed by atoms with Crippen molar-refractivity contribution in [1.29, 1.82) is 0 Å². The largest absolute Gasteiger partial charge is 0.335 e. The van der Waals surface area contributed by atoms with E-state index in [9.17, 15) is 9.59 Å². The second kappa shape index (κ2) is 8.00. The molecule has 0 aliphatic carbocycles. The third kappa shape index (κ3) is 5.02. The SMILES string of the molecule is Cc1ccc(NC(=O)CN(C)C(=O)C2CCCN2)cc1.Cl. The lowest BCUT2D eigenvalue weighted by molar-refractivity contribution is -0.134. The van der Waals surface area contributed by atoms with Crippen LogP contribution in [0.3, 0.4) is 0 Å². The number of likely N-dealkylation sites (N-methyl/N-ethyl adjacent to an activating group) is 1. The zero-order valence-electron chi connectivity index (χ0n) is 12.4. The van der Waals surface area contributed by atoms with E-state index in [1.54, 1.807) is 7.05 Å². The smallest absolute Gasteiger partial charge is 0.243 e. The summed E-state index contributed by atoms with van der Waals surface area (Å²) in [5.41, 5.74) is 1.89. The van der Waals surface area contributed by atoms with Crippen molar-refractivity contribution in [2.45, 2.75) is 25.8 Å². The summed E-state index contributed by atoms with van der Waals surface area (Å²) in [6, 6.07) is 7.45. The van der Waals surface area contributed by atoms with Crippen LogP contribution in [0.25, 0.3) is 0 Å². The molecule has 116 valence electrons. The Bertz CT molecular complexity index is 484. The molecule has 1 aromatic carbocycles.